The number of hydrogen-bond donors (Lipinski definition) is 2. The molecule has 1 aromatic rings. The minimum absolute atomic E-state index is 0.0595. The molecule has 1 fully saturated rings. The summed E-state index contributed by atoms with van der Waals surface area (Å²) in [4.78, 5) is 25.4. The SMILES string of the molecule is CC(NC(=O)C(C)N1CCCC(CCC(=O)O)C1)c1ccc(F)cc1. The van der Waals surface area contributed by atoms with Gasteiger partial charge < -0.3 is 10.4 Å². The van der Waals surface area contributed by atoms with E-state index >= 15 is 0 Å². The topological polar surface area (TPSA) is 69.6 Å². The Morgan fingerprint density at radius 1 is 1.32 bits per heavy atom. The van der Waals surface area contributed by atoms with E-state index in [4.69, 9.17) is 5.11 Å². The Balaban J connectivity index is 1.87. The van der Waals surface area contributed by atoms with Gasteiger partial charge in [0.1, 0.15) is 5.82 Å². The van der Waals surface area contributed by atoms with Crippen molar-refractivity contribution in [1.29, 1.82) is 0 Å². The van der Waals surface area contributed by atoms with Gasteiger partial charge in [-0.2, -0.15) is 0 Å². The molecule has 6 heteroatoms. The third-order valence-corrected chi connectivity index (χ3v) is 4.97. The summed E-state index contributed by atoms with van der Waals surface area (Å²) in [5.41, 5.74) is 0.861. The third kappa shape index (κ3) is 5.81. The van der Waals surface area contributed by atoms with E-state index < -0.39 is 5.97 Å². The van der Waals surface area contributed by atoms with Gasteiger partial charge in [0.2, 0.25) is 5.91 Å². The average Bonchev–Trinajstić information content (AvgIpc) is 2.60. The number of nitrogens with zero attached hydrogens (tertiary/aromatic N) is 1. The van der Waals surface area contributed by atoms with E-state index in [0.717, 1.165) is 31.5 Å². The van der Waals surface area contributed by atoms with Crippen LogP contribution in [0.25, 0.3) is 0 Å². The first-order valence-corrected chi connectivity index (χ1v) is 8.88. The Hall–Kier alpha value is -1.95. The van der Waals surface area contributed by atoms with Crippen LogP contribution in [0.1, 0.15) is 51.1 Å². The van der Waals surface area contributed by atoms with Crippen molar-refractivity contribution in [3.8, 4) is 0 Å². The second-order valence-electron chi connectivity index (χ2n) is 6.89. The fourth-order valence-electron chi connectivity index (χ4n) is 3.35. The van der Waals surface area contributed by atoms with Crippen LogP contribution in [0.5, 0.6) is 0 Å². The quantitative estimate of drug-likeness (QED) is 0.793. The number of piperidine rings is 1. The number of rotatable bonds is 7. The van der Waals surface area contributed by atoms with Crippen molar-refractivity contribution < 1.29 is 19.1 Å². The number of halogens is 1. The largest absolute Gasteiger partial charge is 0.481 e. The van der Waals surface area contributed by atoms with Crippen molar-refractivity contribution in [3.05, 3.63) is 35.6 Å². The number of amides is 1. The molecule has 1 aromatic carbocycles. The van der Waals surface area contributed by atoms with Crippen molar-refractivity contribution in [3.63, 3.8) is 0 Å². The summed E-state index contributed by atoms with van der Waals surface area (Å²) in [6, 6.07) is 5.67. The lowest BCUT2D eigenvalue weighted by Gasteiger charge is -2.36. The molecule has 1 aliphatic rings. The van der Waals surface area contributed by atoms with Gasteiger partial charge in [0.05, 0.1) is 12.1 Å². The monoisotopic (exact) mass is 350 g/mol. The zero-order valence-corrected chi connectivity index (χ0v) is 14.9. The van der Waals surface area contributed by atoms with Crippen molar-refractivity contribution in [2.45, 2.75) is 51.6 Å². The minimum atomic E-state index is -0.768. The zero-order chi connectivity index (χ0) is 18.4. The summed E-state index contributed by atoms with van der Waals surface area (Å²) < 4.78 is 13.0. The summed E-state index contributed by atoms with van der Waals surface area (Å²) in [5, 5.41) is 11.8. The number of aliphatic carboxylic acids is 1. The summed E-state index contributed by atoms with van der Waals surface area (Å²) in [7, 11) is 0. The number of carbonyl (C=O) groups is 2. The van der Waals surface area contributed by atoms with Gasteiger partial charge in [0.25, 0.3) is 0 Å². The highest BCUT2D eigenvalue weighted by Crippen LogP contribution is 2.23. The number of likely N-dealkylation sites (tertiary alicyclic amines) is 1. The molecule has 1 amide bonds. The van der Waals surface area contributed by atoms with Gasteiger partial charge in [-0.15, -0.1) is 0 Å². The van der Waals surface area contributed by atoms with Crippen LogP contribution in [0.4, 0.5) is 4.39 Å². The van der Waals surface area contributed by atoms with Crippen molar-refractivity contribution in [2.75, 3.05) is 13.1 Å². The average molecular weight is 350 g/mol. The summed E-state index contributed by atoms with van der Waals surface area (Å²) in [6.07, 6.45) is 2.84. The fourth-order valence-corrected chi connectivity index (χ4v) is 3.35. The van der Waals surface area contributed by atoms with Gasteiger partial charge in [-0.25, -0.2) is 4.39 Å². The molecule has 0 bridgehead atoms. The standard InChI is InChI=1S/C19H27FN2O3/c1-13(16-6-8-17(20)9-7-16)21-19(25)14(2)22-11-3-4-15(12-22)5-10-18(23)24/h6-9,13-15H,3-5,10-12H2,1-2H3,(H,21,25)(H,23,24). The molecule has 25 heavy (non-hydrogen) atoms. The summed E-state index contributed by atoms with van der Waals surface area (Å²) in [6.45, 7) is 5.37. The number of nitrogens with one attached hydrogen (secondary N) is 1. The molecule has 0 spiro atoms. The molecule has 2 rings (SSSR count). The molecular weight excluding hydrogens is 323 g/mol. The zero-order valence-electron chi connectivity index (χ0n) is 14.9. The smallest absolute Gasteiger partial charge is 0.303 e. The number of carboxylic acids is 1. The number of carboxylic acid groups (broad SMARTS) is 1. The van der Waals surface area contributed by atoms with Gasteiger partial charge in [-0.1, -0.05) is 12.1 Å². The predicted octanol–water partition coefficient (Wildman–Crippen LogP) is 2.97. The van der Waals surface area contributed by atoms with E-state index in [1.54, 1.807) is 12.1 Å². The lowest BCUT2D eigenvalue weighted by Crippen LogP contribution is -2.49. The van der Waals surface area contributed by atoms with E-state index in [1.807, 2.05) is 13.8 Å². The van der Waals surface area contributed by atoms with Gasteiger partial charge in [0, 0.05) is 13.0 Å². The molecule has 2 N–H and O–H groups in total. The van der Waals surface area contributed by atoms with Gasteiger partial charge in [-0.3, -0.25) is 14.5 Å². The van der Waals surface area contributed by atoms with Crippen LogP contribution in [0, 0.1) is 11.7 Å². The lowest BCUT2D eigenvalue weighted by molar-refractivity contribution is -0.137. The molecule has 3 atom stereocenters. The second-order valence-corrected chi connectivity index (χ2v) is 6.89. The number of carbonyl (C=O) groups excluding carboxylic acids is 1. The molecule has 0 aliphatic carbocycles. The molecule has 5 nitrogen and oxygen atoms in total. The molecule has 1 aliphatic heterocycles. The number of hydrogen-bond acceptors (Lipinski definition) is 3. The Bertz CT molecular complexity index is 591. The Kier molecular flexibility index (Phi) is 6.93. The number of benzene rings is 1. The maximum absolute atomic E-state index is 13.0. The highest BCUT2D eigenvalue weighted by Gasteiger charge is 2.28. The van der Waals surface area contributed by atoms with E-state index in [-0.39, 0.29) is 30.2 Å². The van der Waals surface area contributed by atoms with Crippen molar-refractivity contribution in [1.82, 2.24) is 10.2 Å². The van der Waals surface area contributed by atoms with Gasteiger partial charge in [-0.05, 0) is 63.3 Å². The van der Waals surface area contributed by atoms with Crippen LogP contribution in [0.3, 0.4) is 0 Å². The van der Waals surface area contributed by atoms with E-state index in [2.05, 4.69) is 10.2 Å². The third-order valence-electron chi connectivity index (χ3n) is 4.97. The maximum Gasteiger partial charge on any atom is 0.303 e. The van der Waals surface area contributed by atoms with Crippen LogP contribution in [-0.2, 0) is 9.59 Å². The van der Waals surface area contributed by atoms with Crippen LogP contribution < -0.4 is 5.32 Å². The van der Waals surface area contributed by atoms with Crippen LogP contribution in [-0.4, -0.2) is 41.0 Å². The van der Waals surface area contributed by atoms with Crippen LogP contribution >= 0.6 is 0 Å². The van der Waals surface area contributed by atoms with Crippen molar-refractivity contribution >= 4 is 11.9 Å². The first-order chi connectivity index (χ1) is 11.9. The Morgan fingerprint density at radius 3 is 2.64 bits per heavy atom. The van der Waals surface area contributed by atoms with E-state index in [9.17, 15) is 14.0 Å². The first kappa shape index (κ1) is 19.4. The molecule has 1 saturated heterocycles. The molecule has 0 aromatic heterocycles. The second kappa shape index (κ2) is 8.94. The normalized spacial score (nSPS) is 20.7. The van der Waals surface area contributed by atoms with Gasteiger partial charge in [0.15, 0.2) is 0 Å². The van der Waals surface area contributed by atoms with Crippen LogP contribution in [0.15, 0.2) is 24.3 Å². The lowest BCUT2D eigenvalue weighted by atomic mass is 9.92. The highest BCUT2D eigenvalue weighted by molar-refractivity contribution is 5.81. The maximum atomic E-state index is 13.0. The van der Waals surface area contributed by atoms with E-state index in [1.165, 1.54) is 12.1 Å². The fraction of sp³-hybridized carbons (Fsp3) is 0.579. The van der Waals surface area contributed by atoms with Crippen LogP contribution in [0.2, 0.25) is 0 Å². The van der Waals surface area contributed by atoms with Crippen molar-refractivity contribution in [2.24, 2.45) is 5.92 Å². The first-order valence-electron chi connectivity index (χ1n) is 8.88. The van der Waals surface area contributed by atoms with Gasteiger partial charge >= 0.3 is 5.97 Å². The minimum Gasteiger partial charge on any atom is -0.481 e. The highest BCUT2D eigenvalue weighted by atomic mass is 19.1. The Morgan fingerprint density at radius 2 is 2.00 bits per heavy atom. The van der Waals surface area contributed by atoms with E-state index in [0.29, 0.717) is 12.3 Å². The molecular formula is C19H27FN2O3. The molecule has 0 saturated carbocycles. The summed E-state index contributed by atoms with van der Waals surface area (Å²) >= 11 is 0. The predicted molar refractivity (Wildman–Crippen MR) is 93.6 cm³/mol. The molecule has 1 heterocycles. The molecule has 138 valence electrons. The molecule has 3 unspecified atom stereocenters. The molecule has 0 radical (unpaired) electrons. The Labute approximate surface area is 148 Å². The summed E-state index contributed by atoms with van der Waals surface area (Å²) in [5.74, 6) is -0.794.